The first-order valence-electron chi connectivity index (χ1n) is 8.05. The maximum atomic E-state index is 7.44. The van der Waals surface area contributed by atoms with Crippen LogP contribution in [0.4, 0.5) is 11.4 Å². The summed E-state index contributed by atoms with van der Waals surface area (Å²) in [5.74, 6) is 3.51. The summed E-state index contributed by atoms with van der Waals surface area (Å²) in [5, 5.41) is 0. The number of hydrogen-bond donors (Lipinski definition) is 0. The number of hydrogen-bond acceptors (Lipinski definition) is 5. The molecule has 0 fully saturated rings. The van der Waals surface area contributed by atoms with E-state index in [1.54, 1.807) is 0 Å². The quantitative estimate of drug-likeness (QED) is 0.394. The molecule has 7 nitrogen and oxygen atoms in total. The molecular formula is C18H22N2O5Si. The number of methoxy groups -OCH3 is 2. The maximum absolute atomic E-state index is 7.44. The Balaban J connectivity index is 3.68. The van der Waals surface area contributed by atoms with E-state index in [0.717, 1.165) is 0 Å². The Morgan fingerprint density at radius 3 is 1.92 bits per heavy atom. The Labute approximate surface area is 155 Å². The lowest BCUT2D eigenvalue weighted by Crippen LogP contribution is -2.45. The van der Waals surface area contributed by atoms with E-state index in [4.69, 9.17) is 35.9 Å². The molecule has 1 aromatic carbocycles. The van der Waals surface area contributed by atoms with Gasteiger partial charge in [0, 0.05) is 19.8 Å². The normalized spacial score (nSPS) is 10.3. The lowest BCUT2D eigenvalue weighted by Gasteiger charge is -2.22. The third-order valence-electron chi connectivity index (χ3n) is 3.20. The van der Waals surface area contributed by atoms with Crippen LogP contribution in [0.15, 0.2) is 6.07 Å². The van der Waals surface area contributed by atoms with Crippen molar-refractivity contribution >= 4 is 20.2 Å². The molecule has 0 bridgehead atoms. The summed E-state index contributed by atoms with van der Waals surface area (Å²) in [5.41, 5.74) is 3.43. The number of nitrogens with zero attached hydrogens (tertiary/aromatic N) is 2. The minimum absolute atomic E-state index is 0.0949. The average molecular weight is 374 g/mol. The van der Waals surface area contributed by atoms with Gasteiger partial charge in [0.05, 0.1) is 32.9 Å². The highest BCUT2D eigenvalue weighted by Crippen LogP contribution is 2.44. The van der Waals surface area contributed by atoms with E-state index in [1.165, 1.54) is 20.3 Å². The van der Waals surface area contributed by atoms with Crippen LogP contribution in [-0.4, -0.2) is 42.8 Å². The highest BCUT2D eigenvalue weighted by Gasteiger charge is 2.39. The van der Waals surface area contributed by atoms with Crippen molar-refractivity contribution in [3.05, 3.63) is 34.5 Å². The van der Waals surface area contributed by atoms with Gasteiger partial charge in [-0.25, -0.2) is 9.69 Å². The van der Waals surface area contributed by atoms with Crippen LogP contribution in [-0.2, 0) is 13.3 Å². The fraction of sp³-hybridized carbons (Fsp3) is 0.444. The van der Waals surface area contributed by atoms with Gasteiger partial charge >= 0.3 is 8.80 Å². The molecule has 0 unspecified atom stereocenters. The molecule has 0 atom stereocenters. The molecule has 0 aliphatic heterocycles. The third kappa shape index (κ3) is 4.75. The molecule has 1 aromatic rings. The van der Waals surface area contributed by atoms with Crippen LogP contribution in [0, 0.1) is 24.6 Å². The summed E-state index contributed by atoms with van der Waals surface area (Å²) in [6, 6.07) is 1.46. The SMILES string of the molecule is [C-]#[N+]c1cc(OC)c(OC)c(C#C[Si](OCC)(OCC)OCC)c1[N+]#[C-]. The Morgan fingerprint density at radius 2 is 1.54 bits per heavy atom. The van der Waals surface area contributed by atoms with Crippen molar-refractivity contribution in [2.45, 2.75) is 20.8 Å². The first kappa shape index (κ1) is 21.5. The van der Waals surface area contributed by atoms with Crippen LogP contribution in [0.25, 0.3) is 9.69 Å². The van der Waals surface area contributed by atoms with Crippen LogP contribution in [0.1, 0.15) is 26.3 Å². The van der Waals surface area contributed by atoms with Gasteiger partial charge in [0.15, 0.2) is 11.4 Å². The van der Waals surface area contributed by atoms with E-state index < -0.39 is 8.80 Å². The predicted octanol–water partition coefficient (Wildman–Crippen LogP) is 3.74. The Kier molecular flexibility index (Phi) is 8.64. The van der Waals surface area contributed by atoms with Gasteiger partial charge < -0.3 is 22.8 Å². The maximum Gasteiger partial charge on any atom is 0.591 e. The first-order valence-corrected chi connectivity index (χ1v) is 9.77. The molecule has 0 aromatic heterocycles. The molecule has 0 radical (unpaired) electrons. The Hall–Kier alpha value is -2.54. The summed E-state index contributed by atoms with van der Waals surface area (Å²) in [7, 11) is -0.333. The lowest BCUT2D eigenvalue weighted by atomic mass is 10.1. The van der Waals surface area contributed by atoms with Crippen molar-refractivity contribution in [3.8, 4) is 23.0 Å². The second kappa shape index (κ2) is 10.4. The van der Waals surface area contributed by atoms with Gasteiger partial charge in [-0.2, -0.15) is 0 Å². The predicted molar refractivity (Wildman–Crippen MR) is 99.6 cm³/mol. The molecular weight excluding hydrogens is 352 g/mol. The zero-order valence-electron chi connectivity index (χ0n) is 15.6. The van der Waals surface area contributed by atoms with E-state index in [9.17, 15) is 0 Å². The van der Waals surface area contributed by atoms with Crippen molar-refractivity contribution in [2.75, 3.05) is 34.0 Å². The van der Waals surface area contributed by atoms with Gasteiger partial charge in [0.25, 0.3) is 0 Å². The molecule has 1 rings (SSSR count). The highest BCUT2D eigenvalue weighted by atomic mass is 28.4. The van der Waals surface area contributed by atoms with Crippen molar-refractivity contribution in [3.63, 3.8) is 0 Å². The lowest BCUT2D eigenvalue weighted by molar-refractivity contribution is 0.0870. The van der Waals surface area contributed by atoms with Crippen LogP contribution < -0.4 is 9.47 Å². The summed E-state index contributed by atoms with van der Waals surface area (Å²) in [4.78, 5) is 6.85. The molecule has 0 heterocycles. The minimum atomic E-state index is -3.24. The van der Waals surface area contributed by atoms with E-state index in [0.29, 0.717) is 25.6 Å². The van der Waals surface area contributed by atoms with Crippen molar-refractivity contribution in [2.24, 2.45) is 0 Å². The Morgan fingerprint density at radius 1 is 0.962 bits per heavy atom. The number of ether oxygens (including phenoxy) is 2. The zero-order valence-corrected chi connectivity index (χ0v) is 16.6. The molecule has 26 heavy (non-hydrogen) atoms. The standard InChI is InChI=1S/C18H22N2O5Si/c1-8-23-26(24-9-2,25-10-3)12-11-14-17(20-5)15(19-4)13-16(21-6)18(14)22-7/h13H,8-10H2,1-3,6-7H3. The average Bonchev–Trinajstić information content (AvgIpc) is 2.65. The topological polar surface area (TPSA) is 54.9 Å². The summed E-state index contributed by atoms with van der Waals surface area (Å²) < 4.78 is 27.8. The second-order valence-corrected chi connectivity index (χ2v) is 6.91. The molecule has 0 amide bonds. The van der Waals surface area contributed by atoms with E-state index in [2.05, 4.69) is 21.2 Å². The van der Waals surface area contributed by atoms with Gasteiger partial charge in [0.2, 0.25) is 5.69 Å². The van der Waals surface area contributed by atoms with Crippen molar-refractivity contribution in [1.82, 2.24) is 0 Å². The molecule has 8 heteroatoms. The van der Waals surface area contributed by atoms with Crippen molar-refractivity contribution in [1.29, 1.82) is 0 Å². The highest BCUT2D eigenvalue weighted by molar-refractivity contribution is 6.69. The molecule has 0 aliphatic rings. The largest absolute Gasteiger partial charge is 0.591 e. The Bertz CT molecular complexity index is 754. The van der Waals surface area contributed by atoms with E-state index in [-0.39, 0.29) is 22.7 Å². The molecule has 0 saturated carbocycles. The summed E-state index contributed by atoms with van der Waals surface area (Å²) >= 11 is 0. The fourth-order valence-corrected chi connectivity index (χ4v) is 4.11. The van der Waals surface area contributed by atoms with Gasteiger partial charge in [0.1, 0.15) is 5.75 Å². The van der Waals surface area contributed by atoms with Gasteiger partial charge in [-0.05, 0) is 32.4 Å². The van der Waals surface area contributed by atoms with Crippen LogP contribution in [0.3, 0.4) is 0 Å². The molecule has 138 valence electrons. The zero-order chi connectivity index (χ0) is 19.6. The summed E-state index contributed by atoms with van der Waals surface area (Å²) in [6.45, 7) is 21.4. The van der Waals surface area contributed by atoms with Gasteiger partial charge in [-0.15, -0.1) is 0 Å². The molecule has 0 aliphatic carbocycles. The van der Waals surface area contributed by atoms with Gasteiger partial charge in [-0.3, -0.25) is 0 Å². The monoisotopic (exact) mass is 374 g/mol. The molecule has 0 spiro atoms. The third-order valence-corrected chi connectivity index (χ3v) is 5.64. The molecule has 0 saturated heterocycles. The van der Waals surface area contributed by atoms with Gasteiger partial charge in [-0.1, -0.05) is 5.92 Å². The number of benzene rings is 1. The smallest absolute Gasteiger partial charge is 0.494 e. The van der Waals surface area contributed by atoms with Crippen LogP contribution in [0.2, 0.25) is 0 Å². The number of rotatable bonds is 8. The van der Waals surface area contributed by atoms with Crippen molar-refractivity contribution < 1.29 is 22.8 Å². The fourth-order valence-electron chi connectivity index (χ4n) is 2.23. The second-order valence-electron chi connectivity index (χ2n) is 4.68. The molecule has 0 N–H and O–H groups in total. The van der Waals surface area contributed by atoms with E-state index in [1.807, 2.05) is 20.8 Å². The van der Waals surface area contributed by atoms with Crippen LogP contribution in [0.5, 0.6) is 11.5 Å². The summed E-state index contributed by atoms with van der Waals surface area (Å²) in [6.07, 6.45) is 0. The van der Waals surface area contributed by atoms with Crippen LogP contribution >= 0.6 is 0 Å². The van der Waals surface area contributed by atoms with E-state index >= 15 is 0 Å². The minimum Gasteiger partial charge on any atom is -0.494 e. The first-order chi connectivity index (χ1) is 12.6.